The number of carbonyl (C=O) groups is 1. The summed E-state index contributed by atoms with van der Waals surface area (Å²) >= 11 is 1.75. The van der Waals surface area contributed by atoms with Crippen molar-refractivity contribution in [2.75, 3.05) is 26.2 Å². The fraction of sp³-hybridized carbons (Fsp3) is 0.696. The first kappa shape index (κ1) is 22.7. The molecule has 1 atom stereocenters. The highest BCUT2D eigenvalue weighted by molar-refractivity contribution is 7.15. The number of amides is 1. The summed E-state index contributed by atoms with van der Waals surface area (Å²) in [6.45, 7) is 8.12. The number of aryl methyl sites for hydroxylation is 3. The van der Waals surface area contributed by atoms with Crippen molar-refractivity contribution in [3.8, 4) is 10.6 Å². The molecule has 6 nitrogen and oxygen atoms in total. The second kappa shape index (κ2) is 9.59. The summed E-state index contributed by atoms with van der Waals surface area (Å²) in [6, 6.07) is 0. The van der Waals surface area contributed by atoms with E-state index in [9.17, 15) is 4.79 Å². The molecule has 0 bridgehead atoms. The van der Waals surface area contributed by atoms with Gasteiger partial charge in [-0.05, 0) is 77.3 Å². The lowest BCUT2D eigenvalue weighted by Crippen LogP contribution is -2.45. The minimum absolute atomic E-state index is 0. The number of aromatic nitrogens is 2. The van der Waals surface area contributed by atoms with Gasteiger partial charge in [0.1, 0.15) is 10.8 Å². The van der Waals surface area contributed by atoms with E-state index in [1.54, 1.807) is 11.3 Å². The van der Waals surface area contributed by atoms with Gasteiger partial charge in [-0.1, -0.05) is 5.16 Å². The zero-order valence-electron chi connectivity index (χ0n) is 18.5. The van der Waals surface area contributed by atoms with Gasteiger partial charge in [0.05, 0.1) is 17.0 Å². The Morgan fingerprint density at radius 2 is 1.81 bits per heavy atom. The van der Waals surface area contributed by atoms with E-state index in [0.29, 0.717) is 5.91 Å². The van der Waals surface area contributed by atoms with E-state index in [0.717, 1.165) is 85.0 Å². The maximum Gasteiger partial charge on any atom is 0.226 e. The molecule has 0 spiro atoms. The first-order chi connectivity index (χ1) is 14.6. The molecule has 1 N–H and O–H groups in total. The monoisotopic (exact) mass is 464 g/mol. The SMILES string of the molecule is Cc1noc(C)c1-c1nc2c(s1)CCC(C(=O)N1CCC(C3CCNCC3)CC1)C2.Cl. The Balaban J connectivity index is 0.00000231. The Kier molecular flexibility index (Phi) is 7.04. The first-order valence-electron chi connectivity index (χ1n) is 11.5. The summed E-state index contributed by atoms with van der Waals surface area (Å²) in [6.07, 6.45) is 7.66. The Bertz CT molecular complexity index is 893. The molecule has 0 saturated carbocycles. The smallest absolute Gasteiger partial charge is 0.226 e. The molecule has 1 unspecified atom stereocenters. The van der Waals surface area contributed by atoms with Crippen LogP contribution in [0, 0.1) is 31.6 Å². The molecule has 8 heteroatoms. The number of nitrogens with zero attached hydrogens (tertiary/aromatic N) is 3. The number of likely N-dealkylation sites (tertiary alicyclic amines) is 1. The third kappa shape index (κ3) is 4.55. The zero-order chi connectivity index (χ0) is 20.7. The molecule has 0 aromatic carbocycles. The van der Waals surface area contributed by atoms with E-state index in [4.69, 9.17) is 9.51 Å². The minimum Gasteiger partial charge on any atom is -0.361 e. The lowest BCUT2D eigenvalue weighted by Gasteiger charge is -2.39. The summed E-state index contributed by atoms with van der Waals surface area (Å²) in [5.74, 6) is 2.94. The summed E-state index contributed by atoms with van der Waals surface area (Å²) in [4.78, 5) is 21.6. The summed E-state index contributed by atoms with van der Waals surface area (Å²) in [5, 5.41) is 8.53. The van der Waals surface area contributed by atoms with Crippen molar-refractivity contribution in [2.45, 2.75) is 58.8 Å². The number of carbonyl (C=O) groups excluding carboxylic acids is 1. The van der Waals surface area contributed by atoms with Crippen LogP contribution in [0.4, 0.5) is 0 Å². The van der Waals surface area contributed by atoms with Crippen LogP contribution >= 0.6 is 23.7 Å². The highest BCUT2D eigenvalue weighted by atomic mass is 35.5. The zero-order valence-corrected chi connectivity index (χ0v) is 20.1. The van der Waals surface area contributed by atoms with Crippen molar-refractivity contribution in [3.63, 3.8) is 0 Å². The van der Waals surface area contributed by atoms with Crippen LogP contribution in [-0.2, 0) is 17.6 Å². The van der Waals surface area contributed by atoms with Crippen molar-refractivity contribution < 1.29 is 9.32 Å². The number of hydrogen-bond acceptors (Lipinski definition) is 6. The van der Waals surface area contributed by atoms with Gasteiger partial charge in [-0.25, -0.2) is 4.98 Å². The number of thiazole rings is 1. The Labute approximate surface area is 194 Å². The van der Waals surface area contributed by atoms with E-state index in [1.807, 2.05) is 13.8 Å². The number of fused-ring (bicyclic) bond motifs is 1. The molecular formula is C23H33ClN4O2S. The van der Waals surface area contributed by atoms with E-state index < -0.39 is 0 Å². The fourth-order valence-electron chi connectivity index (χ4n) is 5.65. The predicted molar refractivity (Wildman–Crippen MR) is 125 cm³/mol. The molecule has 5 rings (SSSR count). The van der Waals surface area contributed by atoms with Gasteiger partial charge in [0.15, 0.2) is 0 Å². The van der Waals surface area contributed by atoms with E-state index in [1.165, 1.54) is 30.6 Å². The Morgan fingerprint density at radius 1 is 1.10 bits per heavy atom. The third-order valence-electron chi connectivity index (χ3n) is 7.44. The highest BCUT2D eigenvalue weighted by Crippen LogP contribution is 2.38. The van der Waals surface area contributed by atoms with Crippen LogP contribution < -0.4 is 5.32 Å². The summed E-state index contributed by atoms with van der Waals surface area (Å²) in [7, 11) is 0. The Hall–Kier alpha value is -1.44. The predicted octanol–water partition coefficient (Wildman–Crippen LogP) is 4.18. The number of piperidine rings is 2. The fourth-order valence-corrected chi connectivity index (χ4v) is 6.90. The second-order valence-electron chi connectivity index (χ2n) is 9.28. The minimum atomic E-state index is 0. The van der Waals surface area contributed by atoms with Gasteiger partial charge < -0.3 is 14.7 Å². The number of nitrogens with one attached hydrogen (secondary N) is 1. The van der Waals surface area contributed by atoms with Crippen LogP contribution in [0.1, 0.15) is 54.1 Å². The molecule has 1 amide bonds. The normalized spacial score (nSPS) is 22.8. The maximum absolute atomic E-state index is 13.3. The average Bonchev–Trinajstić information content (AvgIpc) is 3.35. The van der Waals surface area contributed by atoms with E-state index in [-0.39, 0.29) is 18.3 Å². The van der Waals surface area contributed by atoms with Gasteiger partial charge in [-0.3, -0.25) is 4.79 Å². The molecule has 4 heterocycles. The molecule has 0 radical (unpaired) electrons. The van der Waals surface area contributed by atoms with Crippen LogP contribution in [-0.4, -0.2) is 47.1 Å². The van der Waals surface area contributed by atoms with Crippen LogP contribution in [0.3, 0.4) is 0 Å². The van der Waals surface area contributed by atoms with Gasteiger partial charge in [-0.2, -0.15) is 0 Å². The summed E-state index contributed by atoms with van der Waals surface area (Å²) in [5.41, 5.74) is 3.03. The second-order valence-corrected chi connectivity index (χ2v) is 10.4. The first-order valence-corrected chi connectivity index (χ1v) is 12.3. The maximum atomic E-state index is 13.3. The molecule has 2 aromatic heterocycles. The van der Waals surface area contributed by atoms with Crippen LogP contribution in [0.2, 0.25) is 0 Å². The van der Waals surface area contributed by atoms with Crippen LogP contribution in [0.25, 0.3) is 10.6 Å². The van der Waals surface area contributed by atoms with Gasteiger partial charge in [0.25, 0.3) is 0 Å². The van der Waals surface area contributed by atoms with Crippen molar-refractivity contribution in [1.29, 1.82) is 0 Å². The van der Waals surface area contributed by atoms with Gasteiger partial charge in [0.2, 0.25) is 5.91 Å². The number of halogens is 1. The standard InChI is InChI=1S/C23H32N4O2S.ClH/c1-14-21(15(2)29-26-14)22-25-19-13-18(3-4-20(19)30-22)23(28)27-11-7-17(8-12-27)16-5-9-24-10-6-16;/h16-18,24H,3-13H2,1-2H3;1H. The third-order valence-corrected chi connectivity index (χ3v) is 8.61. The molecule has 31 heavy (non-hydrogen) atoms. The molecule has 1 aliphatic carbocycles. The molecular weight excluding hydrogens is 432 g/mol. The van der Waals surface area contributed by atoms with Gasteiger partial charge in [0, 0.05) is 30.3 Å². The molecule has 2 fully saturated rings. The lowest BCUT2D eigenvalue weighted by atomic mass is 9.79. The number of rotatable bonds is 3. The highest BCUT2D eigenvalue weighted by Gasteiger charge is 2.34. The number of hydrogen-bond donors (Lipinski definition) is 1. The molecule has 2 aliphatic heterocycles. The molecule has 170 valence electrons. The van der Waals surface area contributed by atoms with E-state index >= 15 is 0 Å². The quantitative estimate of drug-likeness (QED) is 0.737. The van der Waals surface area contributed by atoms with Crippen LogP contribution in [0.5, 0.6) is 0 Å². The average molecular weight is 465 g/mol. The lowest BCUT2D eigenvalue weighted by molar-refractivity contribution is -0.137. The van der Waals surface area contributed by atoms with Crippen molar-refractivity contribution in [1.82, 2.24) is 20.4 Å². The van der Waals surface area contributed by atoms with Crippen LogP contribution in [0.15, 0.2) is 4.52 Å². The van der Waals surface area contributed by atoms with Gasteiger partial charge >= 0.3 is 0 Å². The Morgan fingerprint density at radius 3 is 2.48 bits per heavy atom. The molecule has 3 aliphatic rings. The molecule has 2 saturated heterocycles. The largest absolute Gasteiger partial charge is 0.361 e. The molecule has 2 aromatic rings. The topological polar surface area (TPSA) is 71.3 Å². The van der Waals surface area contributed by atoms with E-state index in [2.05, 4.69) is 15.4 Å². The van der Waals surface area contributed by atoms with Crippen molar-refractivity contribution in [3.05, 3.63) is 22.0 Å². The van der Waals surface area contributed by atoms with Crippen molar-refractivity contribution in [2.24, 2.45) is 17.8 Å². The summed E-state index contributed by atoms with van der Waals surface area (Å²) < 4.78 is 5.33. The van der Waals surface area contributed by atoms with Crippen molar-refractivity contribution >= 4 is 29.7 Å². The van der Waals surface area contributed by atoms with Gasteiger partial charge in [-0.15, -0.1) is 23.7 Å².